The average molecular weight is 433 g/mol. The van der Waals surface area contributed by atoms with E-state index in [2.05, 4.69) is 27.7 Å². The molecular weight excluding hydrogens is 388 g/mol. The van der Waals surface area contributed by atoms with E-state index in [4.69, 9.17) is 4.74 Å². The van der Waals surface area contributed by atoms with Gasteiger partial charge in [-0.15, -0.1) is 0 Å². The van der Waals surface area contributed by atoms with Crippen LogP contribution in [0.5, 0.6) is 0 Å². The fourth-order valence-electron chi connectivity index (χ4n) is 9.75. The van der Waals surface area contributed by atoms with Gasteiger partial charge in [0.05, 0.1) is 0 Å². The zero-order valence-corrected chi connectivity index (χ0v) is 20.4. The zero-order valence-electron chi connectivity index (χ0n) is 20.4. The van der Waals surface area contributed by atoms with Gasteiger partial charge in [-0.05, 0) is 91.3 Å². The number of carbonyl (C=O) groups is 2. The van der Waals surface area contributed by atoms with Crippen LogP contribution < -0.4 is 0 Å². The molecule has 31 heavy (non-hydrogen) atoms. The molecule has 4 heteroatoms. The van der Waals surface area contributed by atoms with Gasteiger partial charge in [0.15, 0.2) is 0 Å². The third-order valence-electron chi connectivity index (χ3n) is 10.9. The predicted molar refractivity (Wildman–Crippen MR) is 121 cm³/mol. The summed E-state index contributed by atoms with van der Waals surface area (Å²) in [5, 5.41) is 9.43. The molecule has 0 aromatic carbocycles. The Morgan fingerprint density at radius 2 is 1.71 bits per heavy atom. The van der Waals surface area contributed by atoms with E-state index in [0.29, 0.717) is 40.9 Å². The Morgan fingerprint density at radius 3 is 2.35 bits per heavy atom. The van der Waals surface area contributed by atoms with Crippen LogP contribution >= 0.6 is 0 Å². The summed E-state index contributed by atoms with van der Waals surface area (Å²) < 4.78 is 6.24. The van der Waals surface area contributed by atoms with Crippen molar-refractivity contribution >= 4 is 11.9 Å². The van der Waals surface area contributed by atoms with Crippen LogP contribution in [-0.2, 0) is 14.3 Å². The lowest BCUT2D eigenvalue weighted by molar-refractivity contribution is -0.211. The molecule has 4 saturated carbocycles. The van der Waals surface area contributed by atoms with Gasteiger partial charge in [-0.1, -0.05) is 40.5 Å². The maximum Gasteiger partial charge on any atom is 0.303 e. The van der Waals surface area contributed by atoms with Crippen LogP contribution in [0.2, 0.25) is 0 Å². The molecule has 0 radical (unpaired) electrons. The number of rotatable bonds is 5. The van der Waals surface area contributed by atoms with Crippen molar-refractivity contribution in [2.45, 2.75) is 105 Å². The first kappa shape index (κ1) is 23.1. The molecule has 0 heterocycles. The summed E-state index contributed by atoms with van der Waals surface area (Å²) in [5.74, 6) is 2.63. The van der Waals surface area contributed by atoms with Gasteiger partial charge < -0.3 is 9.84 Å². The zero-order chi connectivity index (χ0) is 22.6. The summed E-state index contributed by atoms with van der Waals surface area (Å²) in [4.78, 5) is 23.7. The molecule has 176 valence electrons. The molecule has 1 N–H and O–H groups in total. The Balaban J connectivity index is 1.72. The summed E-state index contributed by atoms with van der Waals surface area (Å²) in [6, 6.07) is 0. The Morgan fingerprint density at radius 1 is 1.00 bits per heavy atom. The average Bonchev–Trinajstić information content (AvgIpc) is 3.04. The highest BCUT2D eigenvalue weighted by Gasteiger charge is 2.65. The minimum absolute atomic E-state index is 0.0434. The van der Waals surface area contributed by atoms with Crippen LogP contribution in [-0.4, -0.2) is 23.1 Å². The van der Waals surface area contributed by atoms with E-state index in [-0.39, 0.29) is 29.8 Å². The molecule has 0 aliphatic heterocycles. The second kappa shape index (κ2) is 8.37. The van der Waals surface area contributed by atoms with Gasteiger partial charge in [0.25, 0.3) is 0 Å². The molecular formula is C27H44O4. The number of hydrogen-bond donors (Lipinski definition) is 1. The monoisotopic (exact) mass is 432 g/mol. The molecule has 0 amide bonds. The third kappa shape index (κ3) is 3.64. The van der Waals surface area contributed by atoms with Crippen LogP contribution in [0, 0.1) is 52.3 Å². The molecule has 0 bridgehead atoms. The number of carbonyl (C=O) groups excluding carboxylic acids is 1. The molecule has 4 aliphatic rings. The van der Waals surface area contributed by atoms with Crippen molar-refractivity contribution in [2.75, 3.05) is 0 Å². The van der Waals surface area contributed by atoms with E-state index in [1.807, 2.05) is 0 Å². The number of carboxylic acids is 1. The first-order valence-corrected chi connectivity index (χ1v) is 13.0. The fourth-order valence-corrected chi connectivity index (χ4v) is 9.75. The van der Waals surface area contributed by atoms with E-state index < -0.39 is 5.97 Å². The molecule has 4 aliphatic carbocycles. The quantitative estimate of drug-likeness (QED) is 0.516. The van der Waals surface area contributed by atoms with E-state index in [9.17, 15) is 14.7 Å². The summed E-state index contributed by atoms with van der Waals surface area (Å²) in [6.45, 7) is 11.1. The molecule has 4 rings (SSSR count). The van der Waals surface area contributed by atoms with Crippen LogP contribution in [0.15, 0.2) is 0 Å². The minimum Gasteiger partial charge on any atom is -0.481 e. The summed E-state index contributed by atoms with van der Waals surface area (Å²) in [6.07, 6.45) is 11.4. The van der Waals surface area contributed by atoms with Crippen molar-refractivity contribution in [2.24, 2.45) is 52.3 Å². The van der Waals surface area contributed by atoms with Crippen LogP contribution in [0.3, 0.4) is 0 Å². The Bertz CT molecular complexity index is 703. The molecule has 0 aromatic rings. The summed E-state index contributed by atoms with van der Waals surface area (Å²) >= 11 is 0. The minimum atomic E-state index is -0.674. The molecule has 3 unspecified atom stereocenters. The van der Waals surface area contributed by atoms with E-state index >= 15 is 0 Å². The van der Waals surface area contributed by atoms with E-state index in [1.54, 1.807) is 6.92 Å². The molecule has 0 saturated heterocycles. The van der Waals surface area contributed by atoms with Gasteiger partial charge in [0.1, 0.15) is 6.10 Å². The lowest BCUT2D eigenvalue weighted by Crippen LogP contribution is -2.62. The lowest BCUT2D eigenvalue weighted by atomic mass is 9.41. The highest BCUT2D eigenvalue weighted by Crippen LogP contribution is 2.70. The molecule has 4 nitrogen and oxygen atoms in total. The first-order valence-electron chi connectivity index (χ1n) is 13.0. The smallest absolute Gasteiger partial charge is 0.303 e. The molecule has 4 fully saturated rings. The fraction of sp³-hybridized carbons (Fsp3) is 0.926. The van der Waals surface area contributed by atoms with Crippen molar-refractivity contribution in [1.29, 1.82) is 0 Å². The maximum atomic E-state index is 12.3. The Kier molecular flexibility index (Phi) is 6.24. The number of aliphatic carboxylic acids is 1. The van der Waals surface area contributed by atoms with Crippen LogP contribution in [0.1, 0.15) is 98.8 Å². The van der Waals surface area contributed by atoms with Gasteiger partial charge in [0, 0.05) is 19.3 Å². The third-order valence-corrected chi connectivity index (χ3v) is 10.9. The number of esters is 1. The Hall–Kier alpha value is -1.06. The second-order valence-corrected chi connectivity index (χ2v) is 12.1. The SMILES string of the molecule is CC[C@H]1[C@@H](OC(C)=O)C2C3CC[C@H]([C@H](C)CC(=O)O)[C@@]3(C)CCC2[C@@]2(C)CCCC[C@@H]12. The lowest BCUT2D eigenvalue weighted by Gasteiger charge is -2.64. The summed E-state index contributed by atoms with van der Waals surface area (Å²) in [7, 11) is 0. The Labute approximate surface area is 188 Å². The topological polar surface area (TPSA) is 63.6 Å². The summed E-state index contributed by atoms with van der Waals surface area (Å²) in [5.41, 5.74) is 0.539. The molecule has 0 aromatic heterocycles. The van der Waals surface area contributed by atoms with Gasteiger partial charge >= 0.3 is 11.9 Å². The normalized spacial score (nSPS) is 47.6. The number of carboxylic acid groups (broad SMARTS) is 1. The van der Waals surface area contributed by atoms with E-state index in [0.717, 1.165) is 12.8 Å². The van der Waals surface area contributed by atoms with Crippen LogP contribution in [0.4, 0.5) is 0 Å². The highest BCUT2D eigenvalue weighted by molar-refractivity contribution is 5.67. The van der Waals surface area contributed by atoms with Crippen molar-refractivity contribution in [3.8, 4) is 0 Å². The molecule has 10 atom stereocenters. The van der Waals surface area contributed by atoms with Crippen molar-refractivity contribution in [1.82, 2.24) is 0 Å². The van der Waals surface area contributed by atoms with Crippen molar-refractivity contribution < 1.29 is 19.4 Å². The number of fused-ring (bicyclic) bond motifs is 5. The van der Waals surface area contributed by atoms with Gasteiger partial charge in [-0.25, -0.2) is 0 Å². The van der Waals surface area contributed by atoms with Crippen molar-refractivity contribution in [3.05, 3.63) is 0 Å². The van der Waals surface area contributed by atoms with Crippen LogP contribution in [0.25, 0.3) is 0 Å². The molecule has 0 spiro atoms. The second-order valence-electron chi connectivity index (χ2n) is 12.1. The number of hydrogen-bond acceptors (Lipinski definition) is 3. The maximum absolute atomic E-state index is 12.3. The standard InChI is InChI=1S/C27H44O4/c1-6-18-20-9-7-8-13-26(20,4)22-12-14-27(5)19(16(2)15-23(29)30)10-11-21(27)24(22)25(18)31-17(3)28/h16,18-22,24-25H,6-15H2,1-5H3,(H,29,30)/t16-,18-,19-,20+,21?,22?,24?,25-,26+,27-/m1/s1. The first-order chi connectivity index (χ1) is 14.6. The number of ether oxygens (including phenoxy) is 1. The van der Waals surface area contributed by atoms with Gasteiger partial charge in [0.2, 0.25) is 0 Å². The van der Waals surface area contributed by atoms with E-state index in [1.165, 1.54) is 44.9 Å². The van der Waals surface area contributed by atoms with Crippen molar-refractivity contribution in [3.63, 3.8) is 0 Å². The predicted octanol–water partition coefficient (Wildman–Crippen LogP) is 6.32. The van der Waals surface area contributed by atoms with Gasteiger partial charge in [-0.2, -0.15) is 0 Å². The van der Waals surface area contributed by atoms with Gasteiger partial charge in [-0.3, -0.25) is 9.59 Å². The largest absolute Gasteiger partial charge is 0.481 e. The highest BCUT2D eigenvalue weighted by atomic mass is 16.5.